The van der Waals surface area contributed by atoms with Gasteiger partial charge in [0.2, 0.25) is 10.0 Å². The lowest BCUT2D eigenvalue weighted by Crippen LogP contribution is -2.38. The molecule has 0 spiro atoms. The van der Waals surface area contributed by atoms with Crippen molar-refractivity contribution in [1.29, 1.82) is 0 Å². The minimum absolute atomic E-state index is 0.280. The van der Waals surface area contributed by atoms with Crippen molar-refractivity contribution in [1.82, 2.24) is 14.9 Å². The quantitative estimate of drug-likeness (QED) is 0.339. The van der Waals surface area contributed by atoms with Crippen molar-refractivity contribution in [2.45, 2.75) is 38.6 Å². The van der Waals surface area contributed by atoms with Crippen LogP contribution < -0.4 is 10.6 Å². The molecule has 0 unspecified atom stereocenters. The van der Waals surface area contributed by atoms with Crippen LogP contribution in [0.4, 0.5) is 0 Å². The topological polar surface area (TPSA) is 83.0 Å². The molecule has 0 aliphatic rings. The van der Waals surface area contributed by atoms with Gasteiger partial charge in [0.05, 0.1) is 11.4 Å². The van der Waals surface area contributed by atoms with Gasteiger partial charge in [0.1, 0.15) is 0 Å². The molecule has 0 saturated heterocycles. The molecule has 154 valence electrons. The normalized spacial score (nSPS) is 12.6. The second kappa shape index (κ2) is 11.9. The van der Waals surface area contributed by atoms with Gasteiger partial charge in [0.15, 0.2) is 5.96 Å². The van der Waals surface area contributed by atoms with Gasteiger partial charge in [-0.3, -0.25) is 0 Å². The zero-order valence-corrected chi connectivity index (χ0v) is 18.0. The van der Waals surface area contributed by atoms with Crippen molar-refractivity contribution in [3.8, 4) is 0 Å². The number of benzene rings is 1. The summed E-state index contributed by atoms with van der Waals surface area (Å²) in [5, 5.41) is 6.44. The summed E-state index contributed by atoms with van der Waals surface area (Å²) in [4.78, 5) is 4.82. The number of nitrogens with one attached hydrogen (secondary N) is 2. The Morgan fingerprint density at radius 2 is 1.93 bits per heavy atom. The van der Waals surface area contributed by atoms with Crippen molar-refractivity contribution in [3.05, 3.63) is 29.8 Å². The highest BCUT2D eigenvalue weighted by Gasteiger charge is 2.20. The third kappa shape index (κ3) is 8.28. The minimum atomic E-state index is -3.50. The molecule has 2 N–H and O–H groups in total. The van der Waals surface area contributed by atoms with E-state index in [0.29, 0.717) is 24.0 Å². The Morgan fingerprint density at radius 1 is 1.22 bits per heavy atom. The fourth-order valence-corrected chi connectivity index (χ4v) is 3.40. The first-order valence-corrected chi connectivity index (χ1v) is 10.8. The predicted octanol–water partition coefficient (Wildman–Crippen LogP) is 2.05. The van der Waals surface area contributed by atoms with Gasteiger partial charge in [-0.05, 0) is 30.9 Å². The summed E-state index contributed by atoms with van der Waals surface area (Å²) in [6.07, 6.45) is 0.878. The Labute approximate surface area is 164 Å². The molecular formula is C19H34N4O3S. The zero-order valence-electron chi connectivity index (χ0n) is 17.2. The number of aliphatic imine (C=N–C) groups is 1. The average molecular weight is 399 g/mol. The van der Waals surface area contributed by atoms with Crippen LogP contribution in [0.25, 0.3) is 0 Å². The van der Waals surface area contributed by atoms with E-state index in [-0.39, 0.29) is 11.4 Å². The van der Waals surface area contributed by atoms with Crippen LogP contribution in [0.15, 0.2) is 34.2 Å². The fourth-order valence-electron chi connectivity index (χ4n) is 2.29. The Balaban J connectivity index is 2.71. The monoisotopic (exact) mass is 398 g/mol. The molecule has 0 radical (unpaired) electrons. The third-order valence-electron chi connectivity index (χ3n) is 3.69. The van der Waals surface area contributed by atoms with Crippen LogP contribution in [0.1, 0.15) is 32.8 Å². The maximum atomic E-state index is 12.5. The second-order valence-electron chi connectivity index (χ2n) is 6.84. The first-order chi connectivity index (χ1) is 12.8. The van der Waals surface area contributed by atoms with E-state index in [9.17, 15) is 8.42 Å². The molecule has 0 atom stereocenters. The molecular weight excluding hydrogens is 364 g/mol. The van der Waals surface area contributed by atoms with Crippen molar-refractivity contribution in [2.75, 3.05) is 40.4 Å². The number of nitrogens with zero attached hydrogens (tertiary/aromatic N) is 2. The van der Waals surface area contributed by atoms with E-state index in [2.05, 4.69) is 29.5 Å². The first kappa shape index (κ1) is 23.4. The molecule has 0 aromatic heterocycles. The van der Waals surface area contributed by atoms with Crippen LogP contribution in [0.2, 0.25) is 0 Å². The molecule has 8 heteroatoms. The van der Waals surface area contributed by atoms with Gasteiger partial charge in [-0.15, -0.1) is 0 Å². The van der Waals surface area contributed by atoms with E-state index < -0.39 is 10.0 Å². The molecule has 1 rings (SSSR count). The summed E-state index contributed by atoms with van der Waals surface area (Å²) >= 11 is 0. The highest BCUT2D eigenvalue weighted by Crippen LogP contribution is 2.19. The second-order valence-corrected chi connectivity index (χ2v) is 8.96. The highest BCUT2D eigenvalue weighted by molar-refractivity contribution is 7.89. The maximum absolute atomic E-state index is 12.5. The van der Waals surface area contributed by atoms with E-state index in [1.165, 1.54) is 18.4 Å². The number of rotatable bonds is 11. The molecule has 0 saturated carbocycles. The Hall–Kier alpha value is -1.64. The summed E-state index contributed by atoms with van der Waals surface area (Å²) in [6.45, 7) is 9.47. The Bertz CT molecular complexity index is 688. The van der Waals surface area contributed by atoms with Gasteiger partial charge >= 0.3 is 0 Å². The van der Waals surface area contributed by atoms with Crippen LogP contribution >= 0.6 is 0 Å². The van der Waals surface area contributed by atoms with Crippen molar-refractivity contribution in [3.63, 3.8) is 0 Å². The molecule has 7 nitrogen and oxygen atoms in total. The van der Waals surface area contributed by atoms with Gasteiger partial charge in [-0.25, -0.2) is 17.7 Å². The molecule has 27 heavy (non-hydrogen) atoms. The Morgan fingerprint density at radius 3 is 2.56 bits per heavy atom. The van der Waals surface area contributed by atoms with Crippen LogP contribution in [0.3, 0.4) is 0 Å². The van der Waals surface area contributed by atoms with Crippen molar-refractivity contribution in [2.24, 2.45) is 10.9 Å². The molecule has 0 heterocycles. The van der Waals surface area contributed by atoms with E-state index in [0.717, 1.165) is 26.1 Å². The standard InChI is InChI=1S/C19H34N4O3S/c1-6-20-19(21-12-9-13-26-15-16(2)3)22-14-17-10-7-8-11-18(17)27(24,25)23(4)5/h7-8,10-11,16H,6,9,12-15H2,1-5H3,(H2,20,21,22). The molecule has 0 aliphatic heterocycles. The number of sulfonamides is 1. The van der Waals surface area contributed by atoms with E-state index in [4.69, 9.17) is 4.74 Å². The largest absolute Gasteiger partial charge is 0.381 e. The SMILES string of the molecule is CCNC(=NCc1ccccc1S(=O)(=O)N(C)C)NCCCOCC(C)C. The number of guanidine groups is 1. The lowest BCUT2D eigenvalue weighted by atomic mass is 10.2. The maximum Gasteiger partial charge on any atom is 0.242 e. The van der Waals surface area contributed by atoms with E-state index in [1.54, 1.807) is 18.2 Å². The predicted molar refractivity (Wildman–Crippen MR) is 110 cm³/mol. The smallest absolute Gasteiger partial charge is 0.242 e. The lowest BCUT2D eigenvalue weighted by Gasteiger charge is -2.15. The number of ether oxygens (including phenoxy) is 1. The third-order valence-corrected chi connectivity index (χ3v) is 5.61. The average Bonchev–Trinajstić information content (AvgIpc) is 2.62. The van der Waals surface area contributed by atoms with Crippen molar-refractivity contribution >= 4 is 16.0 Å². The Kier molecular flexibility index (Phi) is 10.4. The van der Waals surface area contributed by atoms with Crippen molar-refractivity contribution < 1.29 is 13.2 Å². The summed E-state index contributed by atoms with van der Waals surface area (Å²) in [7, 11) is -0.435. The molecule has 1 aromatic rings. The fraction of sp³-hybridized carbons (Fsp3) is 0.632. The van der Waals surface area contributed by atoms with Crippen LogP contribution in [0.5, 0.6) is 0 Å². The minimum Gasteiger partial charge on any atom is -0.381 e. The van der Waals surface area contributed by atoms with Crippen LogP contribution in [-0.2, 0) is 21.3 Å². The summed E-state index contributed by atoms with van der Waals surface area (Å²) in [5.74, 6) is 1.20. The lowest BCUT2D eigenvalue weighted by molar-refractivity contribution is 0.108. The van der Waals surface area contributed by atoms with Gasteiger partial charge in [0, 0.05) is 40.4 Å². The zero-order chi connectivity index (χ0) is 20.3. The number of hydrogen-bond donors (Lipinski definition) is 2. The van der Waals surface area contributed by atoms with Gasteiger partial charge in [-0.2, -0.15) is 0 Å². The van der Waals surface area contributed by atoms with E-state index >= 15 is 0 Å². The van der Waals surface area contributed by atoms with Gasteiger partial charge < -0.3 is 15.4 Å². The van der Waals surface area contributed by atoms with Crippen LogP contribution in [-0.4, -0.2) is 59.1 Å². The summed E-state index contributed by atoms with van der Waals surface area (Å²) in [5.41, 5.74) is 0.670. The molecule has 0 aliphatic carbocycles. The van der Waals surface area contributed by atoms with Gasteiger partial charge in [-0.1, -0.05) is 32.0 Å². The highest BCUT2D eigenvalue weighted by atomic mass is 32.2. The van der Waals surface area contributed by atoms with E-state index in [1.807, 2.05) is 13.0 Å². The molecule has 0 fully saturated rings. The molecule has 1 aromatic carbocycles. The first-order valence-electron chi connectivity index (χ1n) is 9.39. The number of hydrogen-bond acceptors (Lipinski definition) is 4. The molecule has 0 amide bonds. The van der Waals surface area contributed by atoms with Crippen LogP contribution in [0, 0.1) is 5.92 Å². The summed E-state index contributed by atoms with van der Waals surface area (Å²) in [6, 6.07) is 6.96. The summed E-state index contributed by atoms with van der Waals surface area (Å²) < 4.78 is 31.7. The molecule has 0 bridgehead atoms. The van der Waals surface area contributed by atoms with Gasteiger partial charge in [0.25, 0.3) is 0 Å².